The topological polar surface area (TPSA) is 57.5 Å². The van der Waals surface area contributed by atoms with Crippen molar-refractivity contribution < 1.29 is 19.1 Å². The summed E-state index contributed by atoms with van der Waals surface area (Å²) in [7, 11) is 0. The summed E-state index contributed by atoms with van der Waals surface area (Å²) in [6.45, 7) is 6.89. The normalized spacial score (nSPS) is 10.7. The zero-order valence-electron chi connectivity index (χ0n) is 16.9. The van der Waals surface area contributed by atoms with Gasteiger partial charge in [-0.3, -0.25) is 4.79 Å². The zero-order chi connectivity index (χ0) is 20.8. The fourth-order valence-electron chi connectivity index (χ4n) is 3.23. The number of ketones is 1. The molecule has 0 fully saturated rings. The molecule has 29 heavy (non-hydrogen) atoms. The number of hydrogen-bond donors (Lipinski definition) is 0. The average Bonchev–Trinajstić information content (AvgIpc) is 3.33. The molecule has 5 nitrogen and oxygen atoms in total. The van der Waals surface area contributed by atoms with E-state index in [0.29, 0.717) is 23.5 Å². The molecule has 0 spiro atoms. The molecular weight excluding hydrogens is 386 g/mol. The molecule has 0 unspecified atom stereocenters. The molecule has 6 heteroatoms. The Morgan fingerprint density at radius 1 is 1.10 bits per heavy atom. The van der Waals surface area contributed by atoms with Gasteiger partial charge in [-0.2, -0.15) is 0 Å². The van der Waals surface area contributed by atoms with Crippen molar-refractivity contribution in [1.29, 1.82) is 0 Å². The zero-order valence-corrected chi connectivity index (χ0v) is 17.8. The molecule has 1 aromatic carbocycles. The maximum atomic E-state index is 12.7. The number of aromatic nitrogens is 1. The molecule has 3 rings (SSSR count). The smallest absolute Gasteiger partial charge is 0.338 e. The Morgan fingerprint density at radius 3 is 2.52 bits per heavy atom. The summed E-state index contributed by atoms with van der Waals surface area (Å²) >= 11 is 1.75. The minimum absolute atomic E-state index is 0.0476. The second-order valence-electron chi connectivity index (χ2n) is 6.72. The van der Waals surface area contributed by atoms with E-state index < -0.39 is 0 Å². The number of rotatable bonds is 9. The third-order valence-corrected chi connectivity index (χ3v) is 5.71. The molecule has 0 amide bonds. The fourth-order valence-corrected chi connectivity index (χ4v) is 3.93. The van der Waals surface area contributed by atoms with Crippen LogP contribution in [0.4, 0.5) is 0 Å². The molecule has 152 valence electrons. The summed E-state index contributed by atoms with van der Waals surface area (Å²) in [5.41, 5.74) is 3.18. The molecule has 0 radical (unpaired) electrons. The number of hydrogen-bond acceptors (Lipinski definition) is 5. The molecule has 0 aliphatic rings. The van der Waals surface area contributed by atoms with Gasteiger partial charge in [-0.15, -0.1) is 11.3 Å². The SMILES string of the molecule is CCOC(=O)c1ccc(OCC(=O)c2cc(C)n(CCc3cccs3)c2C)cc1. The molecule has 0 saturated heterocycles. The second-order valence-corrected chi connectivity index (χ2v) is 7.75. The van der Waals surface area contributed by atoms with Gasteiger partial charge in [0, 0.05) is 28.4 Å². The summed E-state index contributed by atoms with van der Waals surface area (Å²) in [6.07, 6.45) is 0.949. The number of aryl methyl sites for hydroxylation is 2. The van der Waals surface area contributed by atoms with Crippen molar-refractivity contribution >= 4 is 23.1 Å². The quantitative estimate of drug-likeness (QED) is 0.373. The van der Waals surface area contributed by atoms with Crippen LogP contribution in [-0.4, -0.2) is 29.5 Å². The van der Waals surface area contributed by atoms with Gasteiger partial charge in [-0.25, -0.2) is 4.79 Å². The van der Waals surface area contributed by atoms with E-state index in [1.807, 2.05) is 19.9 Å². The lowest BCUT2D eigenvalue weighted by atomic mass is 10.1. The Kier molecular flexibility index (Phi) is 6.88. The molecule has 2 heterocycles. The van der Waals surface area contributed by atoms with Gasteiger partial charge in [0.25, 0.3) is 0 Å². The van der Waals surface area contributed by atoms with Gasteiger partial charge in [-0.1, -0.05) is 6.07 Å². The van der Waals surface area contributed by atoms with E-state index in [1.165, 1.54) is 4.88 Å². The van der Waals surface area contributed by atoms with Crippen molar-refractivity contribution in [2.75, 3.05) is 13.2 Å². The summed E-state index contributed by atoms with van der Waals surface area (Å²) in [6, 6.07) is 12.7. The number of Topliss-reactive ketones (excluding diaryl/α,β-unsaturated/α-hetero) is 1. The van der Waals surface area contributed by atoms with Crippen molar-refractivity contribution in [3.63, 3.8) is 0 Å². The molecule has 0 bridgehead atoms. The second kappa shape index (κ2) is 9.56. The van der Waals surface area contributed by atoms with Crippen molar-refractivity contribution in [3.05, 3.63) is 75.2 Å². The Morgan fingerprint density at radius 2 is 1.86 bits per heavy atom. The lowest BCUT2D eigenvalue weighted by molar-refractivity contribution is 0.0526. The van der Waals surface area contributed by atoms with Crippen molar-refractivity contribution in [3.8, 4) is 5.75 Å². The summed E-state index contributed by atoms with van der Waals surface area (Å²) in [5.74, 6) is 0.109. The molecular formula is C23H25NO4S. The van der Waals surface area contributed by atoms with Crippen LogP contribution in [-0.2, 0) is 17.7 Å². The Balaban J connectivity index is 1.60. The highest BCUT2D eigenvalue weighted by atomic mass is 32.1. The van der Waals surface area contributed by atoms with Gasteiger partial charge >= 0.3 is 5.97 Å². The predicted molar refractivity (Wildman–Crippen MR) is 114 cm³/mol. The van der Waals surface area contributed by atoms with Crippen LogP contribution in [0.3, 0.4) is 0 Å². The number of thiophene rings is 1. The first kappa shape index (κ1) is 20.9. The van der Waals surface area contributed by atoms with Gasteiger partial charge < -0.3 is 14.0 Å². The molecule has 3 aromatic rings. The first-order valence-electron chi connectivity index (χ1n) is 9.62. The maximum absolute atomic E-state index is 12.7. The van der Waals surface area contributed by atoms with Gasteiger partial charge in [0.1, 0.15) is 5.75 Å². The van der Waals surface area contributed by atoms with E-state index in [1.54, 1.807) is 42.5 Å². The van der Waals surface area contributed by atoms with E-state index in [2.05, 4.69) is 22.1 Å². The number of esters is 1. The van der Waals surface area contributed by atoms with E-state index >= 15 is 0 Å². The molecule has 2 aromatic heterocycles. The average molecular weight is 412 g/mol. The third kappa shape index (κ3) is 5.15. The summed E-state index contributed by atoms with van der Waals surface area (Å²) < 4.78 is 12.8. The van der Waals surface area contributed by atoms with Crippen LogP contribution in [0, 0.1) is 13.8 Å². The Hall–Kier alpha value is -2.86. The number of carbonyl (C=O) groups excluding carboxylic acids is 2. The number of carbonyl (C=O) groups is 2. The monoisotopic (exact) mass is 411 g/mol. The van der Waals surface area contributed by atoms with Crippen LogP contribution in [0.2, 0.25) is 0 Å². The predicted octanol–water partition coefficient (Wildman–Crippen LogP) is 4.85. The standard InChI is InChI=1S/C23H25NO4S/c1-4-27-23(26)18-7-9-19(10-8-18)28-15-22(25)21-14-16(2)24(17(21)3)12-11-20-6-5-13-29-20/h5-10,13-14H,4,11-12,15H2,1-3H3. The largest absolute Gasteiger partial charge is 0.485 e. The minimum atomic E-state index is -0.370. The number of nitrogens with zero attached hydrogens (tertiary/aromatic N) is 1. The van der Waals surface area contributed by atoms with Gasteiger partial charge in [0.15, 0.2) is 6.61 Å². The van der Waals surface area contributed by atoms with E-state index in [9.17, 15) is 9.59 Å². The van der Waals surface area contributed by atoms with Crippen LogP contribution < -0.4 is 4.74 Å². The Bertz CT molecular complexity index is 971. The van der Waals surface area contributed by atoms with Crippen LogP contribution in [0.15, 0.2) is 47.8 Å². The number of ether oxygens (including phenoxy) is 2. The third-order valence-electron chi connectivity index (χ3n) is 4.77. The highest BCUT2D eigenvalue weighted by Gasteiger charge is 2.16. The summed E-state index contributed by atoms with van der Waals surface area (Å²) in [4.78, 5) is 25.7. The fraction of sp³-hybridized carbons (Fsp3) is 0.304. The van der Waals surface area contributed by atoms with Crippen molar-refractivity contribution in [1.82, 2.24) is 4.57 Å². The lowest BCUT2D eigenvalue weighted by Crippen LogP contribution is -2.13. The van der Waals surface area contributed by atoms with E-state index in [4.69, 9.17) is 9.47 Å². The van der Waals surface area contributed by atoms with Crippen LogP contribution in [0.1, 0.15) is 43.9 Å². The lowest BCUT2D eigenvalue weighted by Gasteiger charge is -2.09. The Labute approximate surface area is 174 Å². The van der Waals surface area contributed by atoms with Gasteiger partial charge in [0.05, 0.1) is 12.2 Å². The van der Waals surface area contributed by atoms with E-state index in [0.717, 1.165) is 24.4 Å². The van der Waals surface area contributed by atoms with Crippen molar-refractivity contribution in [2.45, 2.75) is 33.7 Å². The van der Waals surface area contributed by atoms with Crippen LogP contribution in [0.5, 0.6) is 5.75 Å². The van der Waals surface area contributed by atoms with E-state index in [-0.39, 0.29) is 18.4 Å². The van der Waals surface area contributed by atoms with Crippen molar-refractivity contribution in [2.24, 2.45) is 0 Å². The summed E-state index contributed by atoms with van der Waals surface area (Å²) in [5, 5.41) is 2.08. The first-order chi connectivity index (χ1) is 14.0. The number of benzene rings is 1. The first-order valence-corrected chi connectivity index (χ1v) is 10.5. The van der Waals surface area contributed by atoms with Gasteiger partial charge in [-0.05, 0) is 69.0 Å². The molecule has 0 N–H and O–H groups in total. The minimum Gasteiger partial charge on any atom is -0.485 e. The maximum Gasteiger partial charge on any atom is 0.338 e. The highest BCUT2D eigenvalue weighted by Crippen LogP contribution is 2.19. The molecule has 0 saturated carbocycles. The molecule has 0 aliphatic heterocycles. The molecule has 0 aliphatic carbocycles. The van der Waals surface area contributed by atoms with Crippen LogP contribution in [0.25, 0.3) is 0 Å². The van der Waals surface area contributed by atoms with Gasteiger partial charge in [0.2, 0.25) is 5.78 Å². The van der Waals surface area contributed by atoms with Crippen LogP contribution >= 0.6 is 11.3 Å². The highest BCUT2D eigenvalue weighted by molar-refractivity contribution is 7.09. The molecule has 0 atom stereocenters.